The lowest BCUT2D eigenvalue weighted by Crippen LogP contribution is -2.25. The van der Waals surface area contributed by atoms with Gasteiger partial charge in [-0.2, -0.15) is 0 Å². The van der Waals surface area contributed by atoms with Crippen molar-refractivity contribution in [1.82, 2.24) is 9.55 Å². The molecule has 220 valence electrons. The number of fused-ring (bicyclic) bond motifs is 2. The number of sulfonamides is 1. The van der Waals surface area contributed by atoms with E-state index in [4.69, 9.17) is 14.5 Å². The van der Waals surface area contributed by atoms with Crippen molar-refractivity contribution in [3.63, 3.8) is 0 Å². The maximum Gasteiger partial charge on any atom is 0.232 e. The number of benzene rings is 3. The van der Waals surface area contributed by atoms with Gasteiger partial charge in [0.15, 0.2) is 5.75 Å². The Morgan fingerprint density at radius 3 is 2.31 bits per heavy atom. The third-order valence-electron chi connectivity index (χ3n) is 7.18. The first-order valence-electron chi connectivity index (χ1n) is 13.6. The van der Waals surface area contributed by atoms with Gasteiger partial charge in [-0.05, 0) is 59.4 Å². The highest BCUT2D eigenvalue weighted by molar-refractivity contribution is 7.92. The molecule has 42 heavy (non-hydrogen) atoms. The van der Waals surface area contributed by atoms with E-state index in [2.05, 4.69) is 0 Å². The predicted octanol–water partition coefficient (Wildman–Crippen LogP) is 6.26. The number of hydrogen-bond acceptors (Lipinski definition) is 6. The maximum atomic E-state index is 13.5. The molecule has 0 saturated carbocycles. The molecule has 5 aromatic rings. The maximum absolute atomic E-state index is 13.5. The van der Waals surface area contributed by atoms with Crippen LogP contribution in [0.4, 0.5) is 10.1 Å². The van der Waals surface area contributed by atoms with Crippen LogP contribution in [0.2, 0.25) is 0 Å². The molecule has 10 heteroatoms. The molecule has 0 aliphatic carbocycles. The zero-order chi connectivity index (χ0) is 30.2. The van der Waals surface area contributed by atoms with Crippen LogP contribution in [0.15, 0.2) is 67.0 Å². The van der Waals surface area contributed by atoms with Crippen LogP contribution in [0, 0.1) is 11.7 Å². The van der Waals surface area contributed by atoms with Gasteiger partial charge < -0.3 is 19.1 Å². The van der Waals surface area contributed by atoms with E-state index in [-0.39, 0.29) is 24.2 Å². The van der Waals surface area contributed by atoms with Gasteiger partial charge in [0.25, 0.3) is 0 Å². The van der Waals surface area contributed by atoms with Crippen LogP contribution < -0.4 is 13.8 Å². The lowest BCUT2D eigenvalue weighted by molar-refractivity contribution is 0.311. The molecule has 3 aromatic carbocycles. The summed E-state index contributed by atoms with van der Waals surface area (Å²) in [5.74, 6) is 0.950. The Kier molecular flexibility index (Phi) is 8.01. The molecule has 0 spiro atoms. The Bertz CT molecular complexity index is 1850. The highest BCUT2D eigenvalue weighted by atomic mass is 32.2. The third kappa shape index (κ3) is 5.85. The van der Waals surface area contributed by atoms with E-state index in [0.29, 0.717) is 46.1 Å². The van der Waals surface area contributed by atoms with Crippen LogP contribution in [0.5, 0.6) is 17.4 Å². The van der Waals surface area contributed by atoms with Crippen molar-refractivity contribution < 1.29 is 27.4 Å². The number of ether oxygens (including phenoxy) is 2. The van der Waals surface area contributed by atoms with Gasteiger partial charge in [0.2, 0.25) is 15.9 Å². The summed E-state index contributed by atoms with van der Waals surface area (Å²) >= 11 is 0. The summed E-state index contributed by atoms with van der Waals surface area (Å²) in [4.78, 5) is 4.76. The van der Waals surface area contributed by atoms with Crippen LogP contribution >= 0.6 is 0 Å². The van der Waals surface area contributed by atoms with Crippen molar-refractivity contribution in [3.8, 4) is 17.4 Å². The second-order valence-electron chi connectivity index (χ2n) is 10.9. The van der Waals surface area contributed by atoms with Crippen LogP contribution in [-0.2, 0) is 29.6 Å². The molecule has 0 saturated heterocycles. The molecule has 0 amide bonds. The average molecular weight is 592 g/mol. The first kappa shape index (κ1) is 29.2. The summed E-state index contributed by atoms with van der Waals surface area (Å²) in [6.07, 6.45) is 5.07. The summed E-state index contributed by atoms with van der Waals surface area (Å²) in [5.41, 5.74) is 3.38. The number of pyridine rings is 1. The fraction of sp³-hybridized carbons (Fsp3) is 0.281. The lowest BCUT2D eigenvalue weighted by atomic mass is 10.0. The van der Waals surface area contributed by atoms with E-state index in [1.165, 1.54) is 23.5 Å². The van der Waals surface area contributed by atoms with Gasteiger partial charge in [0.1, 0.15) is 23.7 Å². The minimum Gasteiger partial charge on any atom is -0.497 e. The SMILES string of the molecule is COc1ccc(COc2c3ncc(Cc4ccc(F)cc4)cc3c(N(C)S(C)(=O)=O)c3cn(CC(C)C)c(O)c23)cc1. The molecule has 0 atom stereocenters. The highest BCUT2D eigenvalue weighted by Crippen LogP contribution is 2.47. The van der Waals surface area contributed by atoms with E-state index in [0.717, 1.165) is 28.7 Å². The Morgan fingerprint density at radius 2 is 1.69 bits per heavy atom. The second kappa shape index (κ2) is 11.5. The number of aromatic nitrogens is 2. The number of anilines is 1. The van der Waals surface area contributed by atoms with Crippen molar-refractivity contribution in [1.29, 1.82) is 0 Å². The van der Waals surface area contributed by atoms with Gasteiger partial charge in [0.05, 0.1) is 24.4 Å². The van der Waals surface area contributed by atoms with Gasteiger partial charge in [-0.25, -0.2) is 12.8 Å². The molecule has 5 rings (SSSR count). The monoisotopic (exact) mass is 591 g/mol. The summed E-state index contributed by atoms with van der Waals surface area (Å²) in [6, 6.07) is 15.6. The fourth-order valence-corrected chi connectivity index (χ4v) is 5.60. The smallest absolute Gasteiger partial charge is 0.232 e. The molecule has 0 aliphatic heterocycles. The molecule has 0 fully saturated rings. The lowest BCUT2D eigenvalue weighted by Gasteiger charge is -2.22. The van der Waals surface area contributed by atoms with E-state index in [1.54, 1.807) is 36.2 Å². The molecule has 0 bridgehead atoms. The molecule has 1 N–H and O–H groups in total. The molecule has 0 aliphatic rings. The summed E-state index contributed by atoms with van der Waals surface area (Å²) in [6.45, 7) is 4.77. The van der Waals surface area contributed by atoms with E-state index in [9.17, 15) is 17.9 Å². The van der Waals surface area contributed by atoms with E-state index >= 15 is 0 Å². The van der Waals surface area contributed by atoms with Crippen LogP contribution in [0.25, 0.3) is 21.7 Å². The van der Waals surface area contributed by atoms with Gasteiger partial charge in [-0.1, -0.05) is 38.1 Å². The van der Waals surface area contributed by atoms with Gasteiger partial charge in [0, 0.05) is 36.8 Å². The van der Waals surface area contributed by atoms with Crippen molar-refractivity contribution in [2.24, 2.45) is 5.92 Å². The first-order valence-corrected chi connectivity index (χ1v) is 15.4. The van der Waals surface area contributed by atoms with Crippen LogP contribution in [0.1, 0.15) is 30.5 Å². The zero-order valence-corrected chi connectivity index (χ0v) is 25.1. The van der Waals surface area contributed by atoms with Gasteiger partial charge in [-0.15, -0.1) is 0 Å². The van der Waals surface area contributed by atoms with Crippen LogP contribution in [-0.4, -0.2) is 43.5 Å². The summed E-state index contributed by atoms with van der Waals surface area (Å²) < 4.78 is 53.9. The Labute approximate surface area is 245 Å². The number of halogens is 1. The molecule has 2 aromatic heterocycles. The van der Waals surface area contributed by atoms with Crippen molar-refractivity contribution in [2.45, 2.75) is 33.4 Å². The largest absolute Gasteiger partial charge is 0.497 e. The van der Waals surface area contributed by atoms with Gasteiger partial charge >= 0.3 is 0 Å². The predicted molar refractivity (Wildman–Crippen MR) is 164 cm³/mol. The van der Waals surface area contributed by atoms with Crippen molar-refractivity contribution in [2.75, 3.05) is 24.7 Å². The van der Waals surface area contributed by atoms with Crippen LogP contribution in [0.3, 0.4) is 0 Å². The Hall–Kier alpha value is -4.31. The van der Waals surface area contributed by atoms with Crippen molar-refractivity contribution in [3.05, 3.63) is 89.5 Å². The standard InChI is InChI=1S/C32H34FN3O5S/c1-20(2)17-36-18-27-28(32(36)37)31(41-19-22-8-12-25(40-4)13-9-22)29-26(30(27)35(3)42(5,38)39)15-23(16-34-29)14-21-6-10-24(33)11-7-21/h6-13,15-16,18,20,37H,14,17,19H2,1-5H3. The normalized spacial score (nSPS) is 11.9. The Balaban J connectivity index is 1.75. The Morgan fingerprint density at radius 1 is 1.02 bits per heavy atom. The molecular weight excluding hydrogens is 557 g/mol. The van der Waals surface area contributed by atoms with E-state index in [1.807, 2.05) is 44.2 Å². The quantitative estimate of drug-likeness (QED) is 0.206. The zero-order valence-electron chi connectivity index (χ0n) is 24.3. The third-order valence-corrected chi connectivity index (χ3v) is 8.36. The number of rotatable bonds is 10. The second-order valence-corrected chi connectivity index (χ2v) is 12.9. The average Bonchev–Trinajstić information content (AvgIpc) is 3.26. The van der Waals surface area contributed by atoms with Crippen molar-refractivity contribution >= 4 is 37.4 Å². The molecular formula is C32H34FN3O5S. The minimum atomic E-state index is -3.70. The highest BCUT2D eigenvalue weighted by Gasteiger charge is 2.27. The van der Waals surface area contributed by atoms with E-state index < -0.39 is 10.0 Å². The number of nitrogens with zero attached hydrogens (tertiary/aromatic N) is 3. The minimum absolute atomic E-state index is 0.0225. The molecule has 0 unspecified atom stereocenters. The number of hydrogen-bond donors (Lipinski definition) is 1. The first-order chi connectivity index (χ1) is 20.0. The topological polar surface area (TPSA) is 93.9 Å². The molecule has 2 heterocycles. The summed E-state index contributed by atoms with van der Waals surface area (Å²) in [5, 5.41) is 12.9. The fourth-order valence-electron chi connectivity index (χ4n) is 5.07. The summed E-state index contributed by atoms with van der Waals surface area (Å²) in [7, 11) is -0.604. The molecule has 8 nitrogen and oxygen atoms in total. The number of aromatic hydroxyl groups is 1. The molecule has 0 radical (unpaired) electrons. The number of methoxy groups -OCH3 is 1. The van der Waals surface area contributed by atoms with Gasteiger partial charge in [-0.3, -0.25) is 9.29 Å².